The Morgan fingerprint density at radius 3 is 2.32 bits per heavy atom. The summed E-state index contributed by atoms with van der Waals surface area (Å²) in [4.78, 5) is 15.3. The number of quaternary nitrogens is 1. The molecule has 7 heteroatoms. The SMILES string of the molecule is O=C(c1ccccc1)N1CC[NH+]([C@@H]2CS(=O)(=O)C[C@H]2O)CC1. The molecule has 0 radical (unpaired) electrons. The van der Waals surface area contributed by atoms with Gasteiger partial charge in [0.1, 0.15) is 17.9 Å². The molecule has 2 saturated heterocycles. The average Bonchev–Trinajstić information content (AvgIpc) is 2.80. The lowest BCUT2D eigenvalue weighted by Crippen LogP contribution is -3.19. The standard InChI is InChI=1S/C15H20N2O4S/c18-14-11-22(20,21)10-13(14)16-6-8-17(9-7-16)15(19)12-4-2-1-3-5-12/h1-5,13-14,18H,6-11H2/p+1/t13-,14-/m1/s1. The first-order chi connectivity index (χ1) is 10.5. The van der Waals surface area contributed by atoms with Crippen LogP contribution in [0, 0.1) is 0 Å². The van der Waals surface area contributed by atoms with E-state index in [9.17, 15) is 18.3 Å². The van der Waals surface area contributed by atoms with Gasteiger partial charge in [-0.05, 0) is 12.1 Å². The summed E-state index contributed by atoms with van der Waals surface area (Å²) in [6.07, 6.45) is -0.781. The van der Waals surface area contributed by atoms with E-state index in [1.807, 2.05) is 18.2 Å². The topological polar surface area (TPSA) is 79.1 Å². The number of hydrogen-bond donors (Lipinski definition) is 2. The van der Waals surface area contributed by atoms with Crippen molar-refractivity contribution in [3.63, 3.8) is 0 Å². The zero-order valence-electron chi connectivity index (χ0n) is 12.3. The van der Waals surface area contributed by atoms with Crippen LogP contribution < -0.4 is 4.90 Å². The molecular formula is C15H21N2O4S+. The first-order valence-electron chi connectivity index (χ1n) is 7.54. The number of hydrogen-bond acceptors (Lipinski definition) is 4. The zero-order valence-corrected chi connectivity index (χ0v) is 13.1. The van der Waals surface area contributed by atoms with E-state index in [4.69, 9.17) is 0 Å². The minimum atomic E-state index is -3.12. The molecule has 1 aromatic rings. The fourth-order valence-electron chi connectivity index (χ4n) is 3.35. The molecule has 2 N–H and O–H groups in total. The van der Waals surface area contributed by atoms with Crippen molar-refractivity contribution in [2.45, 2.75) is 12.1 Å². The summed E-state index contributed by atoms with van der Waals surface area (Å²) in [5.41, 5.74) is 0.675. The molecule has 6 nitrogen and oxygen atoms in total. The first-order valence-corrected chi connectivity index (χ1v) is 9.36. The van der Waals surface area contributed by atoms with Crippen molar-refractivity contribution < 1.29 is 23.2 Å². The number of carbonyl (C=O) groups is 1. The molecule has 1 aromatic carbocycles. The zero-order chi connectivity index (χ0) is 15.7. The van der Waals surface area contributed by atoms with Gasteiger partial charge >= 0.3 is 0 Å². The quantitative estimate of drug-likeness (QED) is 0.671. The molecule has 2 heterocycles. The van der Waals surface area contributed by atoms with Crippen molar-refractivity contribution in [3.8, 4) is 0 Å². The van der Waals surface area contributed by atoms with E-state index in [1.54, 1.807) is 17.0 Å². The minimum absolute atomic E-state index is 0.0132. The Hall–Kier alpha value is -1.44. The maximum atomic E-state index is 12.4. The van der Waals surface area contributed by atoms with Gasteiger partial charge in [-0.1, -0.05) is 18.2 Å². The third-order valence-electron chi connectivity index (χ3n) is 4.56. The van der Waals surface area contributed by atoms with E-state index >= 15 is 0 Å². The van der Waals surface area contributed by atoms with Gasteiger partial charge in [-0.2, -0.15) is 0 Å². The van der Waals surface area contributed by atoms with E-state index in [0.717, 1.165) is 4.90 Å². The van der Waals surface area contributed by atoms with Gasteiger partial charge < -0.3 is 14.9 Å². The third kappa shape index (κ3) is 3.16. The Morgan fingerprint density at radius 1 is 1.14 bits per heavy atom. The highest BCUT2D eigenvalue weighted by Crippen LogP contribution is 2.11. The summed E-state index contributed by atoms with van der Waals surface area (Å²) < 4.78 is 23.2. The molecule has 3 rings (SSSR count). The number of carbonyl (C=O) groups excluding carboxylic acids is 1. The van der Waals surface area contributed by atoms with Crippen LogP contribution in [-0.2, 0) is 9.84 Å². The molecule has 2 atom stereocenters. The van der Waals surface area contributed by atoms with Crippen LogP contribution in [-0.4, -0.2) is 74.2 Å². The summed E-state index contributed by atoms with van der Waals surface area (Å²) in [5.74, 6) is -0.0662. The van der Waals surface area contributed by atoms with Crippen molar-refractivity contribution in [2.24, 2.45) is 0 Å². The Balaban J connectivity index is 1.60. The van der Waals surface area contributed by atoms with Gasteiger partial charge in [-0.3, -0.25) is 4.79 Å². The summed E-state index contributed by atoms with van der Waals surface area (Å²) in [5, 5.41) is 9.95. The number of nitrogens with zero attached hydrogens (tertiary/aromatic N) is 1. The molecule has 0 aromatic heterocycles. The van der Waals surface area contributed by atoms with Gasteiger partial charge in [0.05, 0.1) is 31.9 Å². The largest absolute Gasteiger partial charge is 0.386 e. The van der Waals surface area contributed by atoms with Crippen molar-refractivity contribution in [1.82, 2.24) is 4.90 Å². The molecule has 0 unspecified atom stereocenters. The number of piperazine rings is 1. The minimum Gasteiger partial charge on any atom is -0.386 e. The lowest BCUT2D eigenvalue weighted by molar-refractivity contribution is -0.929. The first kappa shape index (κ1) is 15.5. The number of aliphatic hydroxyl groups is 1. The van der Waals surface area contributed by atoms with E-state index < -0.39 is 15.9 Å². The lowest BCUT2D eigenvalue weighted by Gasteiger charge is -2.35. The Labute approximate surface area is 130 Å². The lowest BCUT2D eigenvalue weighted by atomic mass is 10.1. The molecule has 0 bridgehead atoms. The number of aliphatic hydroxyl groups excluding tert-OH is 1. The summed E-state index contributed by atoms with van der Waals surface area (Å²) in [6, 6.07) is 8.91. The molecule has 2 aliphatic rings. The molecule has 120 valence electrons. The van der Waals surface area contributed by atoms with Gasteiger partial charge in [0.2, 0.25) is 0 Å². The number of rotatable bonds is 2. The average molecular weight is 325 g/mol. The van der Waals surface area contributed by atoms with Gasteiger partial charge in [0.25, 0.3) is 5.91 Å². The number of benzene rings is 1. The molecule has 1 amide bonds. The van der Waals surface area contributed by atoms with Crippen LogP contribution >= 0.6 is 0 Å². The van der Waals surface area contributed by atoms with Crippen molar-refractivity contribution in [2.75, 3.05) is 37.7 Å². The van der Waals surface area contributed by atoms with Gasteiger partial charge in [-0.25, -0.2) is 8.42 Å². The monoisotopic (exact) mass is 325 g/mol. The van der Waals surface area contributed by atoms with E-state index in [-0.39, 0.29) is 23.5 Å². The third-order valence-corrected chi connectivity index (χ3v) is 6.28. The van der Waals surface area contributed by atoms with Crippen LogP contribution in [0.2, 0.25) is 0 Å². The maximum absolute atomic E-state index is 12.4. The molecule has 0 spiro atoms. The predicted molar refractivity (Wildman–Crippen MR) is 81.5 cm³/mol. The number of amides is 1. The summed E-state index contributed by atoms with van der Waals surface area (Å²) in [7, 11) is -3.12. The van der Waals surface area contributed by atoms with Crippen molar-refractivity contribution in [3.05, 3.63) is 35.9 Å². The highest BCUT2D eigenvalue weighted by Gasteiger charge is 2.44. The molecule has 22 heavy (non-hydrogen) atoms. The number of nitrogens with one attached hydrogen (secondary N) is 1. The summed E-state index contributed by atoms with van der Waals surface area (Å²) >= 11 is 0. The van der Waals surface area contributed by atoms with E-state index in [1.165, 1.54) is 0 Å². The number of sulfone groups is 1. The highest BCUT2D eigenvalue weighted by molar-refractivity contribution is 7.91. The van der Waals surface area contributed by atoms with Crippen LogP contribution in [0.1, 0.15) is 10.4 Å². The molecule has 2 fully saturated rings. The van der Waals surface area contributed by atoms with Crippen LogP contribution in [0.4, 0.5) is 0 Å². The smallest absolute Gasteiger partial charge is 0.254 e. The second-order valence-corrected chi connectivity index (χ2v) is 8.22. The van der Waals surface area contributed by atoms with Crippen molar-refractivity contribution in [1.29, 1.82) is 0 Å². The van der Waals surface area contributed by atoms with E-state index in [0.29, 0.717) is 31.7 Å². The second-order valence-electron chi connectivity index (χ2n) is 6.07. The highest BCUT2D eigenvalue weighted by atomic mass is 32.2. The van der Waals surface area contributed by atoms with Crippen molar-refractivity contribution >= 4 is 15.7 Å². The maximum Gasteiger partial charge on any atom is 0.254 e. The van der Waals surface area contributed by atoms with Crippen LogP contribution in [0.3, 0.4) is 0 Å². The fourth-order valence-corrected chi connectivity index (χ4v) is 5.24. The van der Waals surface area contributed by atoms with E-state index in [2.05, 4.69) is 0 Å². The molecule has 0 saturated carbocycles. The molecule has 2 aliphatic heterocycles. The van der Waals surface area contributed by atoms with Crippen LogP contribution in [0.15, 0.2) is 30.3 Å². The molecule has 0 aliphatic carbocycles. The Kier molecular flexibility index (Phi) is 4.20. The summed E-state index contributed by atoms with van der Waals surface area (Å²) in [6.45, 7) is 2.53. The predicted octanol–water partition coefficient (Wildman–Crippen LogP) is -1.81. The van der Waals surface area contributed by atoms with Crippen LogP contribution in [0.5, 0.6) is 0 Å². The van der Waals surface area contributed by atoms with Gasteiger partial charge in [0, 0.05) is 5.56 Å². The Morgan fingerprint density at radius 2 is 1.77 bits per heavy atom. The molecular weight excluding hydrogens is 304 g/mol. The van der Waals surface area contributed by atoms with Gasteiger partial charge in [-0.15, -0.1) is 0 Å². The fraction of sp³-hybridized carbons (Fsp3) is 0.533. The Bertz CT molecular complexity index is 639. The second kappa shape index (κ2) is 5.98. The van der Waals surface area contributed by atoms with Gasteiger partial charge in [0.15, 0.2) is 9.84 Å². The van der Waals surface area contributed by atoms with Crippen LogP contribution in [0.25, 0.3) is 0 Å². The normalized spacial score (nSPS) is 28.7.